The molecular formula is C5H6N4O4. The quantitative estimate of drug-likeness (QED) is 0.351. The Kier molecular flexibility index (Phi) is 2.22. The van der Waals surface area contributed by atoms with Gasteiger partial charge < -0.3 is 14.9 Å². The van der Waals surface area contributed by atoms with E-state index in [2.05, 4.69) is 15.0 Å². The van der Waals surface area contributed by atoms with Crippen molar-refractivity contribution in [3.63, 3.8) is 0 Å². The van der Waals surface area contributed by atoms with E-state index in [4.69, 9.17) is 0 Å². The molecule has 0 atom stereocenters. The number of nitrogens with zero attached hydrogens (tertiary/aromatic N) is 4. The predicted molar refractivity (Wildman–Crippen MR) is 39.0 cm³/mol. The average Bonchev–Trinajstić information content (AvgIpc) is 2.46. The van der Waals surface area contributed by atoms with E-state index >= 15 is 0 Å². The fourth-order valence-corrected chi connectivity index (χ4v) is 0.789. The molecule has 0 radical (unpaired) electrons. The first-order valence-corrected chi connectivity index (χ1v) is 3.20. The molecule has 0 aliphatic heterocycles. The van der Waals surface area contributed by atoms with Gasteiger partial charge in [0, 0.05) is 7.05 Å². The van der Waals surface area contributed by atoms with E-state index in [1.54, 1.807) is 0 Å². The molecule has 0 aliphatic carbocycles. The lowest BCUT2D eigenvalue weighted by molar-refractivity contribution is -0.390. The first kappa shape index (κ1) is 9.10. The molecule has 0 amide bonds. The molecule has 0 saturated carbocycles. The van der Waals surface area contributed by atoms with Crippen LogP contribution in [0.15, 0.2) is 0 Å². The van der Waals surface area contributed by atoms with E-state index in [0.717, 1.165) is 11.8 Å². The molecule has 70 valence electrons. The van der Waals surface area contributed by atoms with Gasteiger partial charge in [0.2, 0.25) is 5.69 Å². The van der Waals surface area contributed by atoms with Crippen LogP contribution in [0.2, 0.25) is 0 Å². The van der Waals surface area contributed by atoms with Gasteiger partial charge in [0.15, 0.2) is 0 Å². The first-order chi connectivity index (χ1) is 6.07. The molecule has 0 N–H and O–H groups in total. The molecule has 0 aromatic carbocycles. The van der Waals surface area contributed by atoms with Gasteiger partial charge in [-0.25, -0.2) is 9.48 Å². The van der Waals surface area contributed by atoms with E-state index < -0.39 is 16.7 Å². The number of esters is 1. The summed E-state index contributed by atoms with van der Waals surface area (Å²) in [7, 11) is 2.49. The lowest BCUT2D eigenvalue weighted by Crippen LogP contribution is -2.10. The number of methoxy groups -OCH3 is 1. The van der Waals surface area contributed by atoms with Gasteiger partial charge >= 0.3 is 11.8 Å². The van der Waals surface area contributed by atoms with Gasteiger partial charge in [-0.05, 0) is 4.92 Å². The minimum absolute atomic E-state index is 0.271. The van der Waals surface area contributed by atoms with E-state index in [1.807, 2.05) is 0 Å². The Morgan fingerprint density at radius 3 is 2.77 bits per heavy atom. The van der Waals surface area contributed by atoms with Crippen LogP contribution in [-0.2, 0) is 11.8 Å². The fraction of sp³-hybridized carbons (Fsp3) is 0.400. The smallest absolute Gasteiger partial charge is 0.425 e. The van der Waals surface area contributed by atoms with Crippen LogP contribution < -0.4 is 0 Å². The monoisotopic (exact) mass is 186 g/mol. The van der Waals surface area contributed by atoms with Gasteiger partial charge in [0.25, 0.3) is 0 Å². The molecule has 1 heterocycles. The third-order valence-electron chi connectivity index (χ3n) is 1.36. The molecule has 0 bridgehead atoms. The Bertz CT molecular complexity index is 357. The minimum atomic E-state index is -0.834. The Morgan fingerprint density at radius 2 is 2.31 bits per heavy atom. The van der Waals surface area contributed by atoms with E-state index in [1.165, 1.54) is 7.05 Å². The van der Waals surface area contributed by atoms with Crippen molar-refractivity contribution in [1.82, 2.24) is 15.0 Å². The number of ether oxygens (including phenoxy) is 1. The van der Waals surface area contributed by atoms with Gasteiger partial charge in [-0.3, -0.25) is 0 Å². The van der Waals surface area contributed by atoms with Crippen LogP contribution in [0.25, 0.3) is 0 Å². The van der Waals surface area contributed by atoms with Crippen LogP contribution in [0.3, 0.4) is 0 Å². The maximum Gasteiger partial charge on any atom is 0.425 e. The summed E-state index contributed by atoms with van der Waals surface area (Å²) < 4.78 is 5.31. The highest BCUT2D eigenvalue weighted by molar-refractivity contribution is 5.90. The van der Waals surface area contributed by atoms with Crippen LogP contribution in [0.4, 0.5) is 5.82 Å². The molecule has 1 aromatic rings. The third kappa shape index (κ3) is 1.45. The van der Waals surface area contributed by atoms with Crippen LogP contribution in [0, 0.1) is 10.1 Å². The van der Waals surface area contributed by atoms with Crippen molar-refractivity contribution in [2.45, 2.75) is 0 Å². The van der Waals surface area contributed by atoms with Crippen molar-refractivity contribution in [3.05, 3.63) is 15.8 Å². The molecule has 1 aromatic heterocycles. The molecule has 8 heteroatoms. The summed E-state index contributed by atoms with van der Waals surface area (Å²) in [6.45, 7) is 0. The SMILES string of the molecule is COC(=O)c1c([N+](=O)[O-])nnn1C. The Labute approximate surface area is 72.2 Å². The highest BCUT2D eigenvalue weighted by Gasteiger charge is 2.28. The van der Waals surface area contributed by atoms with Gasteiger partial charge in [-0.15, -0.1) is 0 Å². The normalized spacial score (nSPS) is 9.69. The second-order valence-corrected chi connectivity index (χ2v) is 2.13. The van der Waals surface area contributed by atoms with Crippen LogP contribution >= 0.6 is 0 Å². The Morgan fingerprint density at radius 1 is 1.69 bits per heavy atom. The maximum atomic E-state index is 11.0. The van der Waals surface area contributed by atoms with Gasteiger partial charge in [0.1, 0.15) is 5.10 Å². The topological polar surface area (TPSA) is 100 Å². The standard InChI is InChI=1S/C5H6N4O4/c1-8-3(5(10)13-2)4(6-7-8)9(11)12/h1-2H3. The highest BCUT2D eigenvalue weighted by Crippen LogP contribution is 2.13. The maximum absolute atomic E-state index is 11.0. The summed E-state index contributed by atoms with van der Waals surface area (Å²) >= 11 is 0. The van der Waals surface area contributed by atoms with Crippen LogP contribution in [0.5, 0.6) is 0 Å². The predicted octanol–water partition coefficient (Wildman–Crippen LogP) is -0.490. The van der Waals surface area contributed by atoms with Gasteiger partial charge in [0.05, 0.1) is 12.3 Å². The number of nitro groups is 1. The second kappa shape index (κ2) is 3.17. The zero-order valence-corrected chi connectivity index (χ0v) is 6.92. The molecule has 0 saturated heterocycles. The Hall–Kier alpha value is -1.99. The van der Waals surface area contributed by atoms with Crippen molar-refractivity contribution in [1.29, 1.82) is 0 Å². The molecule has 0 spiro atoms. The summed E-state index contributed by atoms with van der Waals surface area (Å²) in [6.07, 6.45) is 0. The third-order valence-corrected chi connectivity index (χ3v) is 1.36. The van der Waals surface area contributed by atoms with Gasteiger partial charge in [-0.1, -0.05) is 0 Å². The number of rotatable bonds is 2. The van der Waals surface area contributed by atoms with Crippen LogP contribution in [-0.4, -0.2) is 33.0 Å². The molecule has 1 rings (SSSR count). The molecule has 8 nitrogen and oxygen atoms in total. The number of hydrogen-bond acceptors (Lipinski definition) is 6. The summed E-state index contributed by atoms with van der Waals surface area (Å²) in [5.41, 5.74) is -0.271. The molecule has 13 heavy (non-hydrogen) atoms. The van der Waals surface area contributed by atoms with Crippen molar-refractivity contribution in [3.8, 4) is 0 Å². The van der Waals surface area contributed by atoms with Crippen LogP contribution in [0.1, 0.15) is 10.5 Å². The molecule has 0 aliphatic rings. The fourth-order valence-electron chi connectivity index (χ4n) is 0.789. The summed E-state index contributed by atoms with van der Waals surface area (Å²) in [5, 5.41) is 16.9. The second-order valence-electron chi connectivity index (χ2n) is 2.13. The minimum Gasteiger partial charge on any atom is -0.464 e. The van der Waals surface area contributed by atoms with Crippen molar-refractivity contribution < 1.29 is 14.5 Å². The molecule has 0 fully saturated rings. The van der Waals surface area contributed by atoms with Crippen molar-refractivity contribution in [2.75, 3.05) is 7.11 Å². The van der Waals surface area contributed by atoms with E-state index in [-0.39, 0.29) is 5.69 Å². The van der Waals surface area contributed by atoms with Gasteiger partial charge in [-0.2, -0.15) is 0 Å². The van der Waals surface area contributed by atoms with E-state index in [0.29, 0.717) is 0 Å². The zero-order valence-electron chi connectivity index (χ0n) is 6.92. The lowest BCUT2D eigenvalue weighted by atomic mass is 10.4. The lowest BCUT2D eigenvalue weighted by Gasteiger charge is -1.96. The number of carbonyl (C=O) groups is 1. The average molecular weight is 186 g/mol. The summed E-state index contributed by atoms with van der Waals surface area (Å²) in [6, 6.07) is 0. The number of carbonyl (C=O) groups excluding carboxylic acids is 1. The highest BCUT2D eigenvalue weighted by atomic mass is 16.6. The van der Waals surface area contributed by atoms with Crippen molar-refractivity contribution >= 4 is 11.8 Å². The largest absolute Gasteiger partial charge is 0.464 e. The number of aryl methyl sites for hydroxylation is 1. The molecular weight excluding hydrogens is 180 g/mol. The Balaban J connectivity index is 3.24. The summed E-state index contributed by atoms with van der Waals surface area (Å²) in [5.74, 6) is -1.44. The zero-order chi connectivity index (χ0) is 10.0. The van der Waals surface area contributed by atoms with Crippen molar-refractivity contribution in [2.24, 2.45) is 7.05 Å². The first-order valence-electron chi connectivity index (χ1n) is 3.20. The van der Waals surface area contributed by atoms with E-state index in [9.17, 15) is 14.9 Å². The summed E-state index contributed by atoms with van der Waals surface area (Å²) in [4.78, 5) is 20.5. The number of aromatic nitrogens is 3. The molecule has 0 unspecified atom stereocenters. The number of hydrogen-bond donors (Lipinski definition) is 0.